The Bertz CT molecular complexity index is 1330. The highest BCUT2D eigenvalue weighted by atomic mass is 79.9. The molecule has 5 nitrogen and oxygen atoms in total. The first-order valence-corrected chi connectivity index (χ1v) is 12.9. The number of rotatable bonds is 7. The van der Waals surface area contributed by atoms with Crippen LogP contribution in [-0.4, -0.2) is 23.2 Å². The number of hydrogen-bond donors (Lipinski definition) is 0. The molecule has 0 bridgehead atoms. The maximum absolute atomic E-state index is 12.9. The summed E-state index contributed by atoms with van der Waals surface area (Å²) in [5, 5.41) is 1.06. The van der Waals surface area contributed by atoms with Crippen LogP contribution in [0.4, 0.5) is 4.79 Å². The fraction of sp³-hybridized carbons (Fsp3) is 0.120. The van der Waals surface area contributed by atoms with E-state index in [0.717, 1.165) is 17.3 Å². The van der Waals surface area contributed by atoms with E-state index in [9.17, 15) is 9.59 Å². The largest absolute Gasteiger partial charge is 0.493 e. The van der Waals surface area contributed by atoms with Crippen molar-refractivity contribution in [3.05, 3.63) is 95.7 Å². The summed E-state index contributed by atoms with van der Waals surface area (Å²) in [4.78, 5) is 27.0. The summed E-state index contributed by atoms with van der Waals surface area (Å²) in [5.74, 6) is 0.617. The van der Waals surface area contributed by atoms with E-state index in [4.69, 9.17) is 44.3 Å². The molecule has 180 valence electrons. The Labute approximate surface area is 230 Å². The van der Waals surface area contributed by atoms with Crippen molar-refractivity contribution in [2.75, 3.05) is 7.11 Å². The summed E-state index contributed by atoms with van der Waals surface area (Å²) < 4.78 is 12.1. The Balaban J connectivity index is 1.52. The lowest BCUT2D eigenvalue weighted by Gasteiger charge is -2.14. The number of methoxy groups -OCH3 is 1. The molecule has 0 saturated carbocycles. The van der Waals surface area contributed by atoms with Gasteiger partial charge in [-0.25, -0.2) is 0 Å². The molecule has 3 aromatic carbocycles. The molecule has 0 N–H and O–H groups in total. The van der Waals surface area contributed by atoms with Gasteiger partial charge in [0.05, 0.1) is 33.1 Å². The van der Waals surface area contributed by atoms with Gasteiger partial charge in [-0.15, -0.1) is 0 Å². The van der Waals surface area contributed by atoms with Crippen LogP contribution in [0.2, 0.25) is 15.1 Å². The summed E-state index contributed by atoms with van der Waals surface area (Å²) in [6.45, 7) is 0.419. The van der Waals surface area contributed by atoms with Crippen LogP contribution in [0.5, 0.6) is 11.5 Å². The SMILES string of the molecule is COc1cc(/C=C2\SC(=O)N(Cc3ccc(Cl)c(Cl)c3)C2=O)cc(Br)c1OCc1ccc(Cl)cc1. The molecule has 0 atom stereocenters. The number of imide groups is 1. The highest BCUT2D eigenvalue weighted by molar-refractivity contribution is 9.10. The molecule has 10 heteroatoms. The number of amides is 2. The topological polar surface area (TPSA) is 55.8 Å². The monoisotopic (exact) mass is 611 g/mol. The van der Waals surface area contributed by atoms with E-state index in [0.29, 0.717) is 53.7 Å². The number of thioether (sulfide) groups is 1. The van der Waals surface area contributed by atoms with Crippen molar-refractivity contribution >= 4 is 79.7 Å². The van der Waals surface area contributed by atoms with E-state index in [2.05, 4.69) is 15.9 Å². The Hall–Kier alpha value is -2.16. The van der Waals surface area contributed by atoms with Gasteiger partial charge in [-0.1, -0.05) is 53.0 Å². The average molecular weight is 614 g/mol. The lowest BCUT2D eigenvalue weighted by molar-refractivity contribution is -0.123. The molecule has 0 aliphatic carbocycles. The number of carbonyl (C=O) groups is 2. The van der Waals surface area contributed by atoms with Crippen LogP contribution < -0.4 is 9.47 Å². The average Bonchev–Trinajstić information content (AvgIpc) is 3.08. The molecule has 2 amide bonds. The Morgan fingerprint density at radius 2 is 1.69 bits per heavy atom. The highest BCUT2D eigenvalue weighted by Gasteiger charge is 2.35. The maximum atomic E-state index is 12.9. The second kappa shape index (κ2) is 11.3. The van der Waals surface area contributed by atoms with Gasteiger partial charge >= 0.3 is 0 Å². The summed E-state index contributed by atoms with van der Waals surface area (Å²) in [6.07, 6.45) is 1.65. The molecule has 1 aliphatic rings. The van der Waals surface area contributed by atoms with Gasteiger partial charge in [-0.3, -0.25) is 14.5 Å². The van der Waals surface area contributed by atoms with Crippen LogP contribution in [0.1, 0.15) is 16.7 Å². The fourth-order valence-corrected chi connectivity index (χ4v) is 5.17. The molecule has 35 heavy (non-hydrogen) atoms. The molecule has 1 aliphatic heterocycles. The highest BCUT2D eigenvalue weighted by Crippen LogP contribution is 2.40. The van der Waals surface area contributed by atoms with E-state index in [1.807, 2.05) is 12.1 Å². The summed E-state index contributed by atoms with van der Waals surface area (Å²) >= 11 is 22.3. The number of nitrogens with zero attached hydrogens (tertiary/aromatic N) is 1. The van der Waals surface area contributed by atoms with E-state index in [1.165, 1.54) is 12.0 Å². The zero-order chi connectivity index (χ0) is 25.1. The van der Waals surface area contributed by atoms with Crippen molar-refractivity contribution in [3.63, 3.8) is 0 Å². The van der Waals surface area contributed by atoms with Crippen LogP contribution in [-0.2, 0) is 17.9 Å². The van der Waals surface area contributed by atoms with Crippen molar-refractivity contribution in [2.24, 2.45) is 0 Å². The van der Waals surface area contributed by atoms with E-state index < -0.39 is 0 Å². The molecular formula is C25H17BrCl3NO4S. The van der Waals surface area contributed by atoms with E-state index >= 15 is 0 Å². The lowest BCUT2D eigenvalue weighted by atomic mass is 10.1. The second-order valence-corrected chi connectivity index (χ2v) is 10.6. The third-order valence-electron chi connectivity index (χ3n) is 5.04. The van der Waals surface area contributed by atoms with Gasteiger partial charge in [0.25, 0.3) is 11.1 Å². The van der Waals surface area contributed by atoms with Gasteiger partial charge in [0.1, 0.15) is 6.61 Å². The van der Waals surface area contributed by atoms with Crippen LogP contribution in [0.3, 0.4) is 0 Å². The molecule has 1 fully saturated rings. The van der Waals surface area contributed by atoms with Crippen LogP contribution in [0.15, 0.2) is 64.0 Å². The van der Waals surface area contributed by atoms with Crippen LogP contribution >= 0.6 is 62.5 Å². The van der Waals surface area contributed by atoms with Crippen LogP contribution in [0, 0.1) is 0 Å². The molecule has 0 spiro atoms. The van der Waals surface area contributed by atoms with Gasteiger partial charge in [-0.2, -0.15) is 0 Å². The normalized spacial score (nSPS) is 14.7. The molecule has 0 unspecified atom stereocenters. The fourth-order valence-electron chi connectivity index (χ4n) is 3.31. The standard InChI is InChI=1S/C25H17BrCl3NO4S/c1-33-21-10-16(8-18(26)23(21)34-13-14-2-5-17(27)6-3-14)11-22-24(31)30(25(32)35-22)12-15-4-7-19(28)20(29)9-15/h2-11H,12-13H2,1H3/b22-11-. The van der Waals surface area contributed by atoms with Crippen LogP contribution in [0.25, 0.3) is 6.08 Å². The number of hydrogen-bond acceptors (Lipinski definition) is 5. The molecule has 4 rings (SSSR count). The molecule has 3 aromatic rings. The zero-order valence-corrected chi connectivity index (χ0v) is 22.9. The van der Waals surface area contributed by atoms with Gasteiger partial charge in [-0.05, 0) is 86.9 Å². The Morgan fingerprint density at radius 3 is 2.37 bits per heavy atom. The number of benzene rings is 3. The zero-order valence-electron chi connectivity index (χ0n) is 18.2. The van der Waals surface area contributed by atoms with Gasteiger partial charge in [0.15, 0.2) is 11.5 Å². The molecule has 0 aromatic heterocycles. The summed E-state index contributed by atoms with van der Waals surface area (Å²) in [7, 11) is 1.53. The van der Waals surface area contributed by atoms with E-state index in [1.54, 1.807) is 48.5 Å². The van der Waals surface area contributed by atoms with Crippen molar-refractivity contribution in [3.8, 4) is 11.5 Å². The number of ether oxygens (including phenoxy) is 2. The first kappa shape index (κ1) is 25.9. The molecule has 0 radical (unpaired) electrons. The summed E-state index contributed by atoms with van der Waals surface area (Å²) in [5.41, 5.74) is 2.32. The lowest BCUT2D eigenvalue weighted by Crippen LogP contribution is -2.27. The third kappa shape index (κ3) is 6.16. The predicted molar refractivity (Wildman–Crippen MR) is 144 cm³/mol. The number of carbonyl (C=O) groups excluding carboxylic acids is 2. The first-order chi connectivity index (χ1) is 16.7. The Kier molecular flexibility index (Phi) is 8.34. The minimum Gasteiger partial charge on any atom is -0.493 e. The molecule has 1 saturated heterocycles. The van der Waals surface area contributed by atoms with Crippen molar-refractivity contribution in [1.29, 1.82) is 0 Å². The van der Waals surface area contributed by atoms with Gasteiger partial charge in [0, 0.05) is 5.02 Å². The van der Waals surface area contributed by atoms with Gasteiger partial charge < -0.3 is 9.47 Å². The number of halogens is 4. The minimum absolute atomic E-state index is 0.101. The predicted octanol–water partition coefficient (Wildman–Crippen LogP) is 8.23. The Morgan fingerprint density at radius 1 is 0.971 bits per heavy atom. The third-order valence-corrected chi connectivity index (χ3v) is 7.53. The maximum Gasteiger partial charge on any atom is 0.293 e. The quantitative estimate of drug-likeness (QED) is 0.251. The minimum atomic E-state index is -0.385. The van der Waals surface area contributed by atoms with E-state index in [-0.39, 0.29) is 17.7 Å². The smallest absolute Gasteiger partial charge is 0.293 e. The second-order valence-electron chi connectivity index (χ2n) is 7.47. The first-order valence-electron chi connectivity index (χ1n) is 10.2. The molecule has 1 heterocycles. The van der Waals surface area contributed by atoms with Crippen molar-refractivity contribution < 1.29 is 19.1 Å². The van der Waals surface area contributed by atoms with Crippen molar-refractivity contribution in [1.82, 2.24) is 4.90 Å². The summed E-state index contributed by atoms with van der Waals surface area (Å²) in [6, 6.07) is 15.9. The molecular weight excluding hydrogens is 597 g/mol. The van der Waals surface area contributed by atoms with Gasteiger partial charge in [0.2, 0.25) is 0 Å². The van der Waals surface area contributed by atoms with Crippen molar-refractivity contribution in [2.45, 2.75) is 13.2 Å².